The Balaban J connectivity index is 2.26. The molecule has 6 nitrogen and oxygen atoms in total. The number of carbonyl (C=O) groups is 1. The van der Waals surface area contributed by atoms with Gasteiger partial charge in [-0.25, -0.2) is 4.79 Å². The van der Waals surface area contributed by atoms with Crippen molar-refractivity contribution in [3.63, 3.8) is 0 Å². The molecule has 1 atom stereocenters. The van der Waals surface area contributed by atoms with Crippen molar-refractivity contribution < 1.29 is 19.0 Å². The van der Waals surface area contributed by atoms with Crippen LogP contribution in [-0.2, 0) is 14.3 Å². The minimum absolute atomic E-state index is 0.0590. The van der Waals surface area contributed by atoms with Crippen LogP contribution in [0.25, 0.3) is 10.8 Å². The van der Waals surface area contributed by atoms with Crippen molar-refractivity contribution >= 4 is 16.7 Å². The van der Waals surface area contributed by atoms with Crippen LogP contribution in [0.15, 0.2) is 35.3 Å². The summed E-state index contributed by atoms with van der Waals surface area (Å²) in [7, 11) is 0. The zero-order valence-electron chi connectivity index (χ0n) is 15.9. The molecule has 0 aliphatic heterocycles. The summed E-state index contributed by atoms with van der Waals surface area (Å²) >= 11 is 0. The molecular weight excluding hydrogens is 334 g/mol. The molecule has 0 saturated heterocycles. The summed E-state index contributed by atoms with van der Waals surface area (Å²) in [5, 5.41) is 1.33. The highest BCUT2D eigenvalue weighted by Crippen LogP contribution is 2.21. The predicted molar refractivity (Wildman–Crippen MR) is 101 cm³/mol. The van der Waals surface area contributed by atoms with Gasteiger partial charge in [-0.05, 0) is 56.8 Å². The fraction of sp³-hybridized carbons (Fsp3) is 0.500. The van der Waals surface area contributed by atoms with E-state index in [2.05, 4.69) is 0 Å². The highest BCUT2D eigenvalue weighted by atomic mass is 16.6. The zero-order chi connectivity index (χ0) is 19.1. The molecule has 1 aromatic heterocycles. The first-order chi connectivity index (χ1) is 12.5. The van der Waals surface area contributed by atoms with Crippen LogP contribution >= 0.6 is 0 Å². The Morgan fingerprint density at radius 1 is 1.15 bits per heavy atom. The molecule has 0 bridgehead atoms. The van der Waals surface area contributed by atoms with Gasteiger partial charge in [0.05, 0.1) is 12.7 Å². The highest BCUT2D eigenvalue weighted by molar-refractivity contribution is 5.83. The number of hydrogen-bond donors (Lipinski definition) is 0. The molecule has 6 heteroatoms. The van der Waals surface area contributed by atoms with Crippen LogP contribution in [0.3, 0.4) is 0 Å². The van der Waals surface area contributed by atoms with Crippen LogP contribution in [0, 0.1) is 0 Å². The molecule has 26 heavy (non-hydrogen) atoms. The summed E-state index contributed by atoms with van der Waals surface area (Å²) in [4.78, 5) is 25.2. The van der Waals surface area contributed by atoms with Gasteiger partial charge in [0.15, 0.2) is 0 Å². The Hall–Kier alpha value is -2.34. The van der Waals surface area contributed by atoms with E-state index in [-0.39, 0.29) is 18.3 Å². The Morgan fingerprint density at radius 2 is 1.92 bits per heavy atom. The average Bonchev–Trinajstić information content (AvgIpc) is 2.60. The SMILES string of the molecule is CCOCCOC(=O)C(CC)n1ccc2cc(OC(C)C)ccc2c1=O. The minimum Gasteiger partial charge on any atom is -0.491 e. The van der Waals surface area contributed by atoms with Gasteiger partial charge in [0.25, 0.3) is 5.56 Å². The first kappa shape index (κ1) is 20.0. The Labute approximate surface area is 153 Å². The van der Waals surface area contributed by atoms with E-state index in [1.165, 1.54) is 4.57 Å². The van der Waals surface area contributed by atoms with Crippen LogP contribution < -0.4 is 10.3 Å². The number of rotatable bonds is 9. The second-order valence-electron chi connectivity index (χ2n) is 6.23. The molecule has 2 rings (SSSR count). The first-order valence-electron chi connectivity index (χ1n) is 9.03. The maximum Gasteiger partial charge on any atom is 0.329 e. The fourth-order valence-electron chi connectivity index (χ4n) is 2.75. The van der Waals surface area contributed by atoms with Crippen molar-refractivity contribution in [1.82, 2.24) is 4.57 Å². The van der Waals surface area contributed by atoms with Crippen LogP contribution in [-0.4, -0.2) is 36.5 Å². The van der Waals surface area contributed by atoms with Crippen LogP contribution in [0.2, 0.25) is 0 Å². The van der Waals surface area contributed by atoms with E-state index in [9.17, 15) is 9.59 Å². The quantitative estimate of drug-likeness (QED) is 0.506. The monoisotopic (exact) mass is 361 g/mol. The summed E-state index contributed by atoms with van der Waals surface area (Å²) in [6.45, 7) is 8.73. The minimum atomic E-state index is -0.653. The Kier molecular flexibility index (Phi) is 7.21. The molecule has 0 saturated carbocycles. The van der Waals surface area contributed by atoms with Crippen LogP contribution in [0.4, 0.5) is 0 Å². The molecule has 0 aliphatic rings. The van der Waals surface area contributed by atoms with Gasteiger partial charge in [-0.2, -0.15) is 0 Å². The summed E-state index contributed by atoms with van der Waals surface area (Å²) < 4.78 is 17.5. The molecule has 0 N–H and O–H groups in total. The first-order valence-corrected chi connectivity index (χ1v) is 9.03. The number of ether oxygens (including phenoxy) is 3. The van der Waals surface area contributed by atoms with E-state index in [1.54, 1.807) is 18.3 Å². The number of aromatic nitrogens is 1. The van der Waals surface area contributed by atoms with Crippen LogP contribution in [0.5, 0.6) is 5.75 Å². The topological polar surface area (TPSA) is 66.8 Å². The van der Waals surface area contributed by atoms with Gasteiger partial charge in [-0.1, -0.05) is 6.92 Å². The molecule has 1 heterocycles. The molecule has 2 aromatic rings. The summed E-state index contributed by atoms with van der Waals surface area (Å²) in [6, 6.07) is 6.51. The smallest absolute Gasteiger partial charge is 0.329 e. The van der Waals surface area contributed by atoms with Crippen molar-refractivity contribution in [2.45, 2.75) is 46.3 Å². The van der Waals surface area contributed by atoms with Crippen molar-refractivity contribution in [2.75, 3.05) is 19.8 Å². The fourth-order valence-corrected chi connectivity index (χ4v) is 2.75. The van der Waals surface area contributed by atoms with Crippen molar-refractivity contribution in [3.8, 4) is 5.75 Å². The largest absolute Gasteiger partial charge is 0.491 e. The lowest BCUT2D eigenvalue weighted by molar-refractivity contribution is -0.149. The second-order valence-corrected chi connectivity index (χ2v) is 6.23. The Bertz CT molecular complexity index is 796. The third-order valence-corrected chi connectivity index (χ3v) is 3.95. The maximum atomic E-state index is 12.8. The molecule has 0 fully saturated rings. The highest BCUT2D eigenvalue weighted by Gasteiger charge is 2.21. The number of pyridine rings is 1. The maximum absolute atomic E-state index is 12.8. The Morgan fingerprint density at radius 3 is 2.58 bits per heavy atom. The van der Waals surface area contributed by atoms with Gasteiger partial charge in [-0.15, -0.1) is 0 Å². The molecule has 1 aromatic carbocycles. The van der Waals surface area contributed by atoms with Crippen LogP contribution in [0.1, 0.15) is 40.2 Å². The van der Waals surface area contributed by atoms with Gasteiger partial charge in [0.2, 0.25) is 0 Å². The molecule has 142 valence electrons. The van der Waals surface area contributed by atoms with E-state index in [1.807, 2.05) is 39.8 Å². The molecular formula is C20H27NO5. The lowest BCUT2D eigenvalue weighted by atomic mass is 10.1. The number of nitrogens with zero attached hydrogens (tertiary/aromatic N) is 1. The third kappa shape index (κ3) is 4.85. The molecule has 0 spiro atoms. The normalized spacial score (nSPS) is 12.3. The predicted octanol–water partition coefficient (Wildman–Crippen LogP) is 3.32. The van der Waals surface area contributed by atoms with E-state index < -0.39 is 12.0 Å². The standard InChI is InChI=1S/C20H27NO5/c1-5-18(20(23)25-12-11-24-6-2)21-10-9-15-13-16(26-14(3)4)7-8-17(15)19(21)22/h7-10,13-14,18H,5-6,11-12H2,1-4H3. The van der Waals surface area contributed by atoms with Gasteiger partial charge in [0.1, 0.15) is 18.4 Å². The summed E-state index contributed by atoms with van der Waals surface area (Å²) in [6.07, 6.45) is 2.17. The van der Waals surface area contributed by atoms with E-state index in [0.29, 0.717) is 30.8 Å². The average molecular weight is 361 g/mol. The third-order valence-electron chi connectivity index (χ3n) is 3.95. The lowest BCUT2D eigenvalue weighted by Crippen LogP contribution is -2.31. The van der Waals surface area contributed by atoms with Crippen molar-refractivity contribution in [1.29, 1.82) is 0 Å². The molecule has 0 aliphatic carbocycles. The van der Waals surface area contributed by atoms with E-state index >= 15 is 0 Å². The number of fused-ring (bicyclic) bond motifs is 1. The molecule has 0 radical (unpaired) electrons. The lowest BCUT2D eigenvalue weighted by Gasteiger charge is -2.18. The molecule has 0 amide bonds. The van der Waals surface area contributed by atoms with Gasteiger partial charge in [-0.3, -0.25) is 4.79 Å². The van der Waals surface area contributed by atoms with Gasteiger partial charge < -0.3 is 18.8 Å². The van der Waals surface area contributed by atoms with Gasteiger partial charge >= 0.3 is 5.97 Å². The number of benzene rings is 1. The van der Waals surface area contributed by atoms with Crippen molar-refractivity contribution in [2.24, 2.45) is 0 Å². The number of hydrogen-bond acceptors (Lipinski definition) is 5. The van der Waals surface area contributed by atoms with E-state index in [0.717, 1.165) is 5.39 Å². The van der Waals surface area contributed by atoms with Crippen molar-refractivity contribution in [3.05, 3.63) is 40.8 Å². The second kappa shape index (κ2) is 9.38. The summed E-state index contributed by atoms with van der Waals surface area (Å²) in [5.74, 6) is 0.292. The number of carbonyl (C=O) groups excluding carboxylic acids is 1. The zero-order valence-corrected chi connectivity index (χ0v) is 15.9. The number of esters is 1. The molecule has 1 unspecified atom stereocenters. The van der Waals surface area contributed by atoms with Gasteiger partial charge in [0, 0.05) is 18.2 Å². The summed E-state index contributed by atoms with van der Waals surface area (Å²) in [5.41, 5.74) is -0.216. The van der Waals surface area contributed by atoms with E-state index in [4.69, 9.17) is 14.2 Å².